The highest BCUT2D eigenvalue weighted by atomic mass is 16.1. The number of nitrogens with zero attached hydrogens (tertiary/aromatic N) is 1. The number of carbonyl (C=O) groups excluding carboxylic acids is 1. The highest BCUT2D eigenvalue weighted by molar-refractivity contribution is 6.04. The second-order valence-corrected chi connectivity index (χ2v) is 5.25. The largest absolute Gasteiger partial charge is 0.372 e. The van der Waals surface area contributed by atoms with Gasteiger partial charge >= 0.3 is 0 Å². The van der Waals surface area contributed by atoms with Crippen molar-refractivity contribution in [3.8, 4) is 0 Å². The van der Waals surface area contributed by atoms with Gasteiger partial charge in [-0.1, -0.05) is 30.3 Å². The molecule has 2 fully saturated rings. The summed E-state index contributed by atoms with van der Waals surface area (Å²) in [6, 6.07) is 10.3. The Hall–Kier alpha value is -1.57. The Kier molecular flexibility index (Phi) is 3.18. The van der Waals surface area contributed by atoms with Crippen molar-refractivity contribution in [3.05, 3.63) is 47.7 Å². The Morgan fingerprint density at radius 3 is 2.83 bits per heavy atom. The van der Waals surface area contributed by atoms with Crippen LogP contribution in [0.25, 0.3) is 0 Å². The highest BCUT2D eigenvalue weighted by Gasteiger charge is 2.30. The number of benzene rings is 1. The van der Waals surface area contributed by atoms with Gasteiger partial charge in [0.25, 0.3) is 0 Å². The lowest BCUT2D eigenvalue weighted by molar-refractivity contribution is 0.104. The summed E-state index contributed by atoms with van der Waals surface area (Å²) in [5.41, 5.74) is 2.05. The zero-order valence-electron chi connectivity index (χ0n) is 10.6. The van der Waals surface area contributed by atoms with Crippen LogP contribution in [-0.2, 0) is 0 Å². The molecule has 0 aliphatic carbocycles. The van der Waals surface area contributed by atoms with Gasteiger partial charge in [0.05, 0.1) is 0 Å². The average molecular weight is 241 g/mol. The average Bonchev–Trinajstić information content (AvgIpc) is 2.83. The number of rotatable bonds is 2. The second kappa shape index (κ2) is 4.97. The Bertz CT molecular complexity index is 463. The molecule has 2 nitrogen and oxygen atoms in total. The van der Waals surface area contributed by atoms with E-state index in [9.17, 15) is 4.79 Å². The van der Waals surface area contributed by atoms with E-state index < -0.39 is 0 Å². The molecule has 2 saturated heterocycles. The molecular weight excluding hydrogens is 222 g/mol. The number of ketones is 1. The van der Waals surface area contributed by atoms with Crippen molar-refractivity contribution in [3.63, 3.8) is 0 Å². The van der Waals surface area contributed by atoms with E-state index in [0.717, 1.165) is 18.5 Å². The van der Waals surface area contributed by atoms with E-state index in [-0.39, 0.29) is 5.78 Å². The van der Waals surface area contributed by atoms with E-state index in [4.69, 9.17) is 0 Å². The molecule has 3 rings (SSSR count). The van der Waals surface area contributed by atoms with Crippen LogP contribution in [0.1, 0.15) is 42.5 Å². The molecule has 1 atom stereocenters. The van der Waals surface area contributed by atoms with E-state index in [2.05, 4.69) is 4.90 Å². The molecule has 0 bridgehead atoms. The third-order valence-corrected chi connectivity index (χ3v) is 4.09. The Morgan fingerprint density at radius 2 is 2.00 bits per heavy atom. The number of allylic oxidation sites excluding steroid dienone is 2. The normalized spacial score (nSPS) is 25.2. The summed E-state index contributed by atoms with van der Waals surface area (Å²) in [4.78, 5) is 14.6. The van der Waals surface area contributed by atoms with Crippen LogP contribution in [0.15, 0.2) is 42.1 Å². The van der Waals surface area contributed by atoms with Crippen LogP contribution >= 0.6 is 0 Å². The molecule has 1 aromatic rings. The van der Waals surface area contributed by atoms with Crippen LogP contribution in [-0.4, -0.2) is 23.3 Å². The van der Waals surface area contributed by atoms with Crippen molar-refractivity contribution in [1.82, 2.24) is 4.90 Å². The first-order chi connectivity index (χ1) is 8.84. The molecule has 0 amide bonds. The minimum atomic E-state index is 0.150. The first-order valence-corrected chi connectivity index (χ1v) is 6.91. The fourth-order valence-electron chi connectivity index (χ4n) is 3.13. The molecule has 1 aromatic carbocycles. The molecule has 0 saturated carbocycles. The zero-order valence-corrected chi connectivity index (χ0v) is 10.6. The second-order valence-electron chi connectivity index (χ2n) is 5.25. The first kappa shape index (κ1) is 11.5. The fraction of sp³-hybridized carbons (Fsp3) is 0.438. The fourth-order valence-corrected chi connectivity index (χ4v) is 3.13. The Balaban J connectivity index is 1.78. The number of carbonyl (C=O) groups is 1. The minimum absolute atomic E-state index is 0.150. The summed E-state index contributed by atoms with van der Waals surface area (Å²) in [7, 11) is 0. The maximum absolute atomic E-state index is 12.2. The third kappa shape index (κ3) is 2.20. The predicted octanol–water partition coefficient (Wildman–Crippen LogP) is 3.40. The molecule has 2 aliphatic rings. The van der Waals surface area contributed by atoms with Gasteiger partial charge in [-0.3, -0.25) is 4.79 Å². The predicted molar refractivity (Wildman–Crippen MR) is 72.4 cm³/mol. The third-order valence-electron chi connectivity index (χ3n) is 4.09. The van der Waals surface area contributed by atoms with Gasteiger partial charge in [-0.15, -0.1) is 0 Å². The van der Waals surface area contributed by atoms with Crippen LogP contribution in [0.5, 0.6) is 0 Å². The molecular formula is C16H19NO. The SMILES string of the molecule is O=C(/C=C1/CCC2CCCCN12)c1ccccc1. The lowest BCUT2D eigenvalue weighted by Gasteiger charge is -2.32. The van der Waals surface area contributed by atoms with E-state index in [1.807, 2.05) is 36.4 Å². The molecule has 0 aromatic heterocycles. The molecule has 2 heteroatoms. The van der Waals surface area contributed by atoms with Crippen molar-refractivity contribution in [1.29, 1.82) is 0 Å². The van der Waals surface area contributed by atoms with Crippen molar-refractivity contribution in [2.45, 2.75) is 38.1 Å². The quantitative estimate of drug-likeness (QED) is 0.584. The van der Waals surface area contributed by atoms with Crippen molar-refractivity contribution in [2.75, 3.05) is 6.54 Å². The smallest absolute Gasteiger partial charge is 0.187 e. The molecule has 0 spiro atoms. The maximum Gasteiger partial charge on any atom is 0.187 e. The van der Waals surface area contributed by atoms with Gasteiger partial charge in [0.15, 0.2) is 5.78 Å². The number of hydrogen-bond donors (Lipinski definition) is 0. The first-order valence-electron chi connectivity index (χ1n) is 6.91. The van der Waals surface area contributed by atoms with Gasteiger partial charge in [-0.2, -0.15) is 0 Å². The molecule has 2 aliphatic heterocycles. The summed E-state index contributed by atoms with van der Waals surface area (Å²) < 4.78 is 0. The van der Waals surface area contributed by atoms with Gasteiger partial charge in [0.1, 0.15) is 0 Å². The summed E-state index contributed by atoms with van der Waals surface area (Å²) in [6.45, 7) is 1.14. The monoisotopic (exact) mass is 241 g/mol. The summed E-state index contributed by atoms with van der Waals surface area (Å²) in [6.07, 6.45) is 8.09. The number of hydrogen-bond acceptors (Lipinski definition) is 2. The highest BCUT2D eigenvalue weighted by Crippen LogP contribution is 2.33. The summed E-state index contributed by atoms with van der Waals surface area (Å²) >= 11 is 0. The molecule has 2 heterocycles. The van der Waals surface area contributed by atoms with Gasteiger partial charge in [-0.05, 0) is 32.1 Å². The van der Waals surface area contributed by atoms with E-state index in [0.29, 0.717) is 6.04 Å². The van der Waals surface area contributed by atoms with Crippen molar-refractivity contribution >= 4 is 5.78 Å². The minimum Gasteiger partial charge on any atom is -0.372 e. The summed E-state index contributed by atoms with van der Waals surface area (Å²) in [5.74, 6) is 0.150. The van der Waals surface area contributed by atoms with Crippen LogP contribution < -0.4 is 0 Å². The molecule has 18 heavy (non-hydrogen) atoms. The molecule has 94 valence electrons. The zero-order chi connectivity index (χ0) is 12.4. The molecule has 1 unspecified atom stereocenters. The van der Waals surface area contributed by atoms with Crippen LogP contribution in [0, 0.1) is 0 Å². The van der Waals surface area contributed by atoms with Crippen LogP contribution in [0.4, 0.5) is 0 Å². The van der Waals surface area contributed by atoms with Crippen molar-refractivity contribution < 1.29 is 4.79 Å². The van der Waals surface area contributed by atoms with E-state index >= 15 is 0 Å². The molecule has 0 radical (unpaired) electrons. The van der Waals surface area contributed by atoms with Gasteiger partial charge in [0.2, 0.25) is 0 Å². The number of piperidine rings is 1. The Labute approximate surface area is 108 Å². The van der Waals surface area contributed by atoms with Crippen molar-refractivity contribution in [2.24, 2.45) is 0 Å². The summed E-state index contributed by atoms with van der Waals surface area (Å²) in [5, 5.41) is 0. The van der Waals surface area contributed by atoms with Gasteiger partial charge < -0.3 is 4.90 Å². The standard InChI is InChI=1S/C16H19NO/c18-16(13-6-2-1-3-7-13)12-15-10-9-14-8-4-5-11-17(14)15/h1-3,6-7,12,14H,4-5,8-11H2/b15-12-. The van der Waals surface area contributed by atoms with Gasteiger partial charge in [-0.25, -0.2) is 0 Å². The maximum atomic E-state index is 12.2. The Morgan fingerprint density at radius 1 is 1.17 bits per heavy atom. The van der Waals surface area contributed by atoms with Gasteiger partial charge in [0, 0.05) is 29.9 Å². The lowest BCUT2D eigenvalue weighted by atomic mass is 10.0. The number of fused-ring (bicyclic) bond motifs is 1. The van der Waals surface area contributed by atoms with Crippen LogP contribution in [0.3, 0.4) is 0 Å². The van der Waals surface area contributed by atoms with E-state index in [1.165, 1.54) is 31.4 Å². The topological polar surface area (TPSA) is 20.3 Å². The lowest BCUT2D eigenvalue weighted by Crippen LogP contribution is -2.33. The molecule has 0 N–H and O–H groups in total. The van der Waals surface area contributed by atoms with E-state index in [1.54, 1.807) is 0 Å². The van der Waals surface area contributed by atoms with Crippen LogP contribution in [0.2, 0.25) is 0 Å².